The Bertz CT molecular complexity index is 119. The SMILES string of the molecule is CC(C)=C=CCC(C)C. The monoisotopic (exact) mass is 124 g/mol. The van der Waals surface area contributed by atoms with Gasteiger partial charge in [-0.05, 0) is 37.8 Å². The number of hydrogen-bond donors (Lipinski definition) is 0. The zero-order valence-electron chi connectivity index (χ0n) is 6.86. The first kappa shape index (κ1) is 8.52. The minimum atomic E-state index is 0.761. The highest BCUT2D eigenvalue weighted by atomic mass is 13.9. The summed E-state index contributed by atoms with van der Waals surface area (Å²) in [4.78, 5) is 0. The molecule has 0 aliphatic rings. The van der Waals surface area contributed by atoms with Gasteiger partial charge in [0.15, 0.2) is 0 Å². The van der Waals surface area contributed by atoms with Crippen LogP contribution in [0.1, 0.15) is 34.1 Å². The van der Waals surface area contributed by atoms with E-state index in [2.05, 4.69) is 39.5 Å². The van der Waals surface area contributed by atoms with Crippen LogP contribution >= 0.6 is 0 Å². The lowest BCUT2D eigenvalue weighted by Crippen LogP contribution is -1.79. The van der Waals surface area contributed by atoms with Crippen molar-refractivity contribution in [2.24, 2.45) is 5.92 Å². The van der Waals surface area contributed by atoms with Gasteiger partial charge < -0.3 is 0 Å². The van der Waals surface area contributed by atoms with Crippen LogP contribution in [0, 0.1) is 5.92 Å². The average Bonchev–Trinajstić information content (AvgIpc) is 1.63. The van der Waals surface area contributed by atoms with Gasteiger partial charge in [-0.1, -0.05) is 13.8 Å². The van der Waals surface area contributed by atoms with Crippen LogP contribution < -0.4 is 0 Å². The van der Waals surface area contributed by atoms with Crippen molar-refractivity contribution in [3.05, 3.63) is 17.4 Å². The van der Waals surface area contributed by atoms with Crippen LogP contribution in [-0.4, -0.2) is 0 Å². The Morgan fingerprint density at radius 3 is 2.33 bits per heavy atom. The highest BCUT2D eigenvalue weighted by Gasteiger charge is 1.84. The first-order valence-corrected chi connectivity index (χ1v) is 3.51. The van der Waals surface area contributed by atoms with Crippen molar-refractivity contribution in [1.29, 1.82) is 0 Å². The molecule has 9 heavy (non-hydrogen) atoms. The topological polar surface area (TPSA) is 0 Å². The summed E-state index contributed by atoms with van der Waals surface area (Å²) in [5.74, 6) is 0.761. The van der Waals surface area contributed by atoms with E-state index in [1.165, 1.54) is 5.57 Å². The van der Waals surface area contributed by atoms with E-state index in [1.54, 1.807) is 0 Å². The van der Waals surface area contributed by atoms with E-state index in [1.807, 2.05) is 0 Å². The normalized spacial score (nSPS) is 9.00. The minimum absolute atomic E-state index is 0.761. The van der Waals surface area contributed by atoms with Crippen molar-refractivity contribution in [3.8, 4) is 0 Å². The summed E-state index contributed by atoms with van der Waals surface area (Å²) >= 11 is 0. The van der Waals surface area contributed by atoms with E-state index in [0.717, 1.165) is 12.3 Å². The maximum atomic E-state index is 3.17. The molecule has 0 saturated carbocycles. The molecule has 52 valence electrons. The molecule has 0 amide bonds. The van der Waals surface area contributed by atoms with Crippen LogP contribution in [0.25, 0.3) is 0 Å². The quantitative estimate of drug-likeness (QED) is 0.496. The van der Waals surface area contributed by atoms with Crippen molar-refractivity contribution < 1.29 is 0 Å². The zero-order valence-corrected chi connectivity index (χ0v) is 6.86. The molecule has 0 unspecified atom stereocenters. The molecule has 0 N–H and O–H groups in total. The molecule has 0 radical (unpaired) electrons. The molecular formula is C9H16. The number of rotatable bonds is 2. The summed E-state index contributed by atoms with van der Waals surface area (Å²) in [6.07, 6.45) is 3.26. The predicted molar refractivity (Wildman–Crippen MR) is 42.4 cm³/mol. The maximum Gasteiger partial charge on any atom is -0.0251 e. The fourth-order valence-corrected chi connectivity index (χ4v) is 0.499. The van der Waals surface area contributed by atoms with Crippen molar-refractivity contribution >= 4 is 0 Å². The highest BCUT2D eigenvalue weighted by molar-refractivity contribution is 4.93. The predicted octanol–water partition coefficient (Wildman–Crippen LogP) is 3.15. The van der Waals surface area contributed by atoms with Crippen molar-refractivity contribution in [2.45, 2.75) is 34.1 Å². The second-order valence-electron chi connectivity index (χ2n) is 2.98. The second kappa shape index (κ2) is 4.40. The van der Waals surface area contributed by atoms with Gasteiger partial charge in [0.05, 0.1) is 0 Å². The molecule has 0 aromatic carbocycles. The third-order valence-corrected chi connectivity index (χ3v) is 0.980. The van der Waals surface area contributed by atoms with E-state index in [4.69, 9.17) is 0 Å². The third kappa shape index (κ3) is 7.52. The van der Waals surface area contributed by atoms with Gasteiger partial charge in [-0.3, -0.25) is 0 Å². The lowest BCUT2D eigenvalue weighted by atomic mass is 10.1. The lowest BCUT2D eigenvalue weighted by molar-refractivity contribution is 0.664. The molecule has 0 saturated heterocycles. The molecule has 0 rings (SSSR count). The Morgan fingerprint density at radius 1 is 1.44 bits per heavy atom. The van der Waals surface area contributed by atoms with Gasteiger partial charge in [0.2, 0.25) is 0 Å². The zero-order chi connectivity index (χ0) is 7.28. The molecule has 0 heterocycles. The molecule has 0 spiro atoms. The molecule has 0 nitrogen and oxygen atoms in total. The van der Waals surface area contributed by atoms with E-state index in [9.17, 15) is 0 Å². The molecule has 0 aromatic rings. The van der Waals surface area contributed by atoms with Crippen LogP contribution in [0.4, 0.5) is 0 Å². The molecule has 0 aromatic heterocycles. The molecular weight excluding hydrogens is 108 g/mol. The fourth-order valence-electron chi connectivity index (χ4n) is 0.499. The summed E-state index contributed by atoms with van der Waals surface area (Å²) in [5, 5.41) is 0. The van der Waals surface area contributed by atoms with Crippen LogP contribution in [0.2, 0.25) is 0 Å². The summed E-state index contributed by atoms with van der Waals surface area (Å²) in [6, 6.07) is 0. The van der Waals surface area contributed by atoms with Crippen LogP contribution in [0.5, 0.6) is 0 Å². The van der Waals surface area contributed by atoms with Gasteiger partial charge in [-0.25, -0.2) is 0 Å². The summed E-state index contributed by atoms with van der Waals surface area (Å²) in [6.45, 7) is 8.56. The summed E-state index contributed by atoms with van der Waals surface area (Å²) < 4.78 is 0. The Labute approximate surface area is 58.3 Å². The highest BCUT2D eigenvalue weighted by Crippen LogP contribution is 1.99. The van der Waals surface area contributed by atoms with E-state index in [0.29, 0.717) is 0 Å². The molecule has 0 aliphatic heterocycles. The van der Waals surface area contributed by atoms with Crippen LogP contribution in [-0.2, 0) is 0 Å². The smallest absolute Gasteiger partial charge is 0.0251 e. The van der Waals surface area contributed by atoms with Crippen molar-refractivity contribution in [3.63, 3.8) is 0 Å². The minimum Gasteiger partial charge on any atom is -0.127 e. The van der Waals surface area contributed by atoms with Gasteiger partial charge in [0, 0.05) is 0 Å². The first-order valence-electron chi connectivity index (χ1n) is 3.51. The van der Waals surface area contributed by atoms with E-state index >= 15 is 0 Å². The Hall–Kier alpha value is -0.480. The van der Waals surface area contributed by atoms with E-state index in [-0.39, 0.29) is 0 Å². The molecule has 0 atom stereocenters. The average molecular weight is 124 g/mol. The Balaban J connectivity index is 3.61. The second-order valence-corrected chi connectivity index (χ2v) is 2.98. The first-order chi connectivity index (χ1) is 4.13. The van der Waals surface area contributed by atoms with Gasteiger partial charge >= 0.3 is 0 Å². The summed E-state index contributed by atoms with van der Waals surface area (Å²) in [5.41, 5.74) is 4.43. The lowest BCUT2D eigenvalue weighted by Gasteiger charge is -1.93. The summed E-state index contributed by atoms with van der Waals surface area (Å²) in [7, 11) is 0. The number of allylic oxidation sites excluding steroid dienone is 1. The van der Waals surface area contributed by atoms with E-state index < -0.39 is 0 Å². The number of hydrogen-bond acceptors (Lipinski definition) is 0. The van der Waals surface area contributed by atoms with Crippen LogP contribution in [0.3, 0.4) is 0 Å². The van der Waals surface area contributed by atoms with Crippen molar-refractivity contribution in [2.75, 3.05) is 0 Å². The molecule has 0 fully saturated rings. The van der Waals surface area contributed by atoms with Crippen molar-refractivity contribution in [1.82, 2.24) is 0 Å². The fraction of sp³-hybridized carbons (Fsp3) is 0.667. The maximum absolute atomic E-state index is 3.17. The third-order valence-electron chi connectivity index (χ3n) is 0.980. The molecule has 0 bridgehead atoms. The largest absolute Gasteiger partial charge is 0.127 e. The van der Waals surface area contributed by atoms with Gasteiger partial charge in [-0.2, -0.15) is 0 Å². The Morgan fingerprint density at radius 2 is 2.00 bits per heavy atom. The standard InChI is InChI=1S/C9H16/c1-8(2)6-5-7-9(3)4/h5,8H,6H2,1-4H3. The molecule has 0 heteroatoms. The van der Waals surface area contributed by atoms with Gasteiger partial charge in [0.1, 0.15) is 0 Å². The Kier molecular flexibility index (Phi) is 4.17. The van der Waals surface area contributed by atoms with Gasteiger partial charge in [-0.15, -0.1) is 5.73 Å². The van der Waals surface area contributed by atoms with Crippen LogP contribution in [0.15, 0.2) is 17.4 Å². The van der Waals surface area contributed by atoms with Gasteiger partial charge in [0.25, 0.3) is 0 Å². The molecule has 0 aliphatic carbocycles.